The van der Waals surface area contributed by atoms with Gasteiger partial charge in [0.1, 0.15) is 0 Å². The van der Waals surface area contributed by atoms with Crippen LogP contribution in [0, 0.1) is 15.9 Å². The van der Waals surface area contributed by atoms with Crippen molar-refractivity contribution in [2.75, 3.05) is 25.6 Å². The Balaban J connectivity index is 2.76. The van der Waals surface area contributed by atoms with Crippen LogP contribution < -0.4 is 10.1 Å². The van der Waals surface area contributed by atoms with E-state index in [0.717, 1.165) is 6.07 Å². The van der Waals surface area contributed by atoms with E-state index in [1.807, 2.05) is 13.8 Å². The number of hydrogen-bond acceptors (Lipinski definition) is 5. The summed E-state index contributed by atoms with van der Waals surface area (Å²) in [6, 6.07) is 2.10. The molecule has 0 bridgehead atoms. The van der Waals surface area contributed by atoms with E-state index in [9.17, 15) is 14.5 Å². The molecular formula is C12H17FN2O4. The number of nitro benzene ring substituents is 1. The van der Waals surface area contributed by atoms with E-state index in [1.54, 1.807) is 0 Å². The lowest BCUT2D eigenvalue weighted by Gasteiger charge is -2.11. The average Bonchev–Trinajstić information content (AvgIpc) is 2.35. The van der Waals surface area contributed by atoms with Crippen molar-refractivity contribution in [1.82, 2.24) is 0 Å². The summed E-state index contributed by atoms with van der Waals surface area (Å²) in [6.07, 6.45) is 0.0954. The Labute approximate surface area is 110 Å². The van der Waals surface area contributed by atoms with E-state index < -0.39 is 16.4 Å². The molecule has 0 fully saturated rings. The number of hydrogen-bond donors (Lipinski definition) is 1. The normalized spacial score (nSPS) is 10.6. The smallest absolute Gasteiger partial charge is 0.313 e. The number of anilines is 1. The van der Waals surface area contributed by atoms with E-state index in [4.69, 9.17) is 9.47 Å². The van der Waals surface area contributed by atoms with Gasteiger partial charge in [-0.2, -0.15) is 0 Å². The molecule has 0 saturated heterocycles. The molecule has 0 amide bonds. The van der Waals surface area contributed by atoms with Crippen molar-refractivity contribution in [3.8, 4) is 5.75 Å². The zero-order valence-electron chi connectivity index (χ0n) is 11.1. The highest BCUT2D eigenvalue weighted by Gasteiger charge is 2.18. The Morgan fingerprint density at radius 3 is 2.68 bits per heavy atom. The molecule has 1 aromatic rings. The minimum absolute atomic E-state index is 0.0127. The van der Waals surface area contributed by atoms with Crippen LogP contribution in [-0.4, -0.2) is 31.3 Å². The van der Waals surface area contributed by atoms with Crippen LogP contribution in [0.1, 0.15) is 13.8 Å². The summed E-state index contributed by atoms with van der Waals surface area (Å²) in [5.74, 6) is -0.685. The number of nitrogens with zero attached hydrogens (tertiary/aromatic N) is 1. The first-order chi connectivity index (χ1) is 8.95. The third-order valence-corrected chi connectivity index (χ3v) is 2.33. The number of ether oxygens (including phenoxy) is 2. The summed E-state index contributed by atoms with van der Waals surface area (Å²) in [5.41, 5.74) is -0.251. The fourth-order valence-electron chi connectivity index (χ4n) is 1.46. The van der Waals surface area contributed by atoms with Gasteiger partial charge in [0.05, 0.1) is 36.5 Å². The van der Waals surface area contributed by atoms with E-state index >= 15 is 0 Å². The van der Waals surface area contributed by atoms with Crippen molar-refractivity contribution < 1.29 is 18.8 Å². The largest absolute Gasteiger partial charge is 0.490 e. The van der Waals surface area contributed by atoms with Crippen LogP contribution >= 0.6 is 0 Å². The summed E-state index contributed by atoms with van der Waals surface area (Å²) in [6.45, 7) is 4.61. The predicted octanol–water partition coefficient (Wildman–Crippen LogP) is 2.58. The molecule has 19 heavy (non-hydrogen) atoms. The Morgan fingerprint density at radius 2 is 2.16 bits per heavy atom. The maximum absolute atomic E-state index is 13.6. The molecule has 1 rings (SSSR count). The second kappa shape index (κ2) is 6.89. The highest BCUT2D eigenvalue weighted by molar-refractivity contribution is 5.59. The van der Waals surface area contributed by atoms with Gasteiger partial charge in [0.2, 0.25) is 0 Å². The molecule has 0 aromatic heterocycles. The number of halogens is 1. The van der Waals surface area contributed by atoms with Crippen molar-refractivity contribution in [3.63, 3.8) is 0 Å². The summed E-state index contributed by atoms with van der Waals surface area (Å²) in [7, 11) is 1.30. The molecule has 0 atom stereocenters. The van der Waals surface area contributed by atoms with Gasteiger partial charge in [0, 0.05) is 12.6 Å². The van der Waals surface area contributed by atoms with Gasteiger partial charge in [0.25, 0.3) is 0 Å². The van der Waals surface area contributed by atoms with E-state index in [2.05, 4.69) is 5.32 Å². The van der Waals surface area contributed by atoms with Gasteiger partial charge < -0.3 is 14.8 Å². The van der Waals surface area contributed by atoms with Crippen LogP contribution in [0.25, 0.3) is 0 Å². The zero-order chi connectivity index (χ0) is 14.4. The van der Waals surface area contributed by atoms with Crippen LogP contribution in [-0.2, 0) is 4.74 Å². The molecule has 0 unspecified atom stereocenters. The van der Waals surface area contributed by atoms with Crippen LogP contribution in [0.4, 0.5) is 15.8 Å². The maximum atomic E-state index is 13.6. The van der Waals surface area contributed by atoms with Gasteiger partial charge >= 0.3 is 5.69 Å². The summed E-state index contributed by atoms with van der Waals surface area (Å²) >= 11 is 0. The lowest BCUT2D eigenvalue weighted by atomic mass is 10.2. The van der Waals surface area contributed by atoms with E-state index in [1.165, 1.54) is 13.2 Å². The lowest BCUT2D eigenvalue weighted by molar-refractivity contribution is -0.385. The van der Waals surface area contributed by atoms with Gasteiger partial charge in [-0.25, -0.2) is 4.39 Å². The predicted molar refractivity (Wildman–Crippen MR) is 69.2 cm³/mol. The van der Waals surface area contributed by atoms with Gasteiger partial charge in [0.15, 0.2) is 11.6 Å². The molecule has 6 nitrogen and oxygen atoms in total. The number of nitrogens with one attached hydrogen (secondary N) is 1. The van der Waals surface area contributed by atoms with Gasteiger partial charge in [-0.15, -0.1) is 0 Å². The molecule has 0 spiro atoms. The quantitative estimate of drug-likeness (QED) is 0.469. The van der Waals surface area contributed by atoms with Crippen molar-refractivity contribution in [3.05, 3.63) is 28.1 Å². The molecule has 0 radical (unpaired) electrons. The van der Waals surface area contributed by atoms with Gasteiger partial charge in [-0.05, 0) is 13.8 Å². The molecule has 1 N–H and O–H groups in total. The Morgan fingerprint density at radius 1 is 1.47 bits per heavy atom. The third-order valence-electron chi connectivity index (χ3n) is 2.33. The molecule has 0 aliphatic rings. The molecule has 0 aliphatic carbocycles. The van der Waals surface area contributed by atoms with E-state index in [-0.39, 0.29) is 17.5 Å². The molecule has 7 heteroatoms. The molecule has 0 heterocycles. The van der Waals surface area contributed by atoms with E-state index in [0.29, 0.717) is 13.2 Å². The van der Waals surface area contributed by atoms with Crippen molar-refractivity contribution in [1.29, 1.82) is 0 Å². The monoisotopic (exact) mass is 272 g/mol. The third kappa shape index (κ3) is 4.36. The Bertz CT molecular complexity index is 452. The topological polar surface area (TPSA) is 73.6 Å². The highest BCUT2D eigenvalue weighted by atomic mass is 19.1. The minimum Gasteiger partial charge on any atom is -0.490 e. The first-order valence-electron chi connectivity index (χ1n) is 5.83. The molecule has 0 saturated carbocycles. The SMILES string of the molecule is COc1cc(NCCOC(C)C)c(F)cc1[N+](=O)[O-]. The summed E-state index contributed by atoms with van der Waals surface area (Å²) in [5, 5.41) is 13.5. The second-order valence-corrected chi connectivity index (χ2v) is 4.11. The Hall–Kier alpha value is -1.89. The Kier molecular flexibility index (Phi) is 5.50. The first kappa shape index (κ1) is 15.2. The molecule has 1 aromatic carbocycles. The second-order valence-electron chi connectivity index (χ2n) is 4.11. The number of benzene rings is 1. The average molecular weight is 272 g/mol. The van der Waals surface area contributed by atoms with Crippen LogP contribution in [0.15, 0.2) is 12.1 Å². The fourth-order valence-corrected chi connectivity index (χ4v) is 1.46. The van der Waals surface area contributed by atoms with Crippen molar-refractivity contribution in [2.24, 2.45) is 0 Å². The maximum Gasteiger partial charge on any atom is 0.313 e. The van der Waals surface area contributed by atoms with Gasteiger partial charge in [-0.1, -0.05) is 0 Å². The summed E-state index contributed by atoms with van der Waals surface area (Å²) < 4.78 is 23.8. The minimum atomic E-state index is -0.697. The van der Waals surface area contributed by atoms with Crippen LogP contribution in [0.3, 0.4) is 0 Å². The highest BCUT2D eigenvalue weighted by Crippen LogP contribution is 2.32. The molecule has 106 valence electrons. The number of methoxy groups -OCH3 is 1. The zero-order valence-corrected chi connectivity index (χ0v) is 11.1. The molecule has 0 aliphatic heterocycles. The van der Waals surface area contributed by atoms with Crippen molar-refractivity contribution >= 4 is 11.4 Å². The number of rotatable bonds is 7. The van der Waals surface area contributed by atoms with Crippen LogP contribution in [0.5, 0.6) is 5.75 Å². The molecular weight excluding hydrogens is 255 g/mol. The number of nitro groups is 1. The lowest BCUT2D eigenvalue weighted by Crippen LogP contribution is -2.14. The van der Waals surface area contributed by atoms with Gasteiger partial charge in [-0.3, -0.25) is 10.1 Å². The standard InChI is InChI=1S/C12H17FN2O4/c1-8(2)19-5-4-14-10-7-12(18-3)11(15(16)17)6-9(10)13/h6-8,14H,4-5H2,1-3H3. The van der Waals surface area contributed by atoms with Crippen molar-refractivity contribution in [2.45, 2.75) is 20.0 Å². The fraction of sp³-hybridized carbons (Fsp3) is 0.500. The summed E-state index contributed by atoms with van der Waals surface area (Å²) in [4.78, 5) is 10.0. The first-order valence-corrected chi connectivity index (χ1v) is 5.83. The van der Waals surface area contributed by atoms with Crippen LogP contribution in [0.2, 0.25) is 0 Å².